The molecule has 96 valence electrons. The highest BCUT2D eigenvalue weighted by Gasteiger charge is 2.33. The van der Waals surface area contributed by atoms with Crippen molar-refractivity contribution in [2.24, 2.45) is 19.8 Å². The van der Waals surface area contributed by atoms with E-state index in [0.717, 1.165) is 4.90 Å². The minimum atomic E-state index is -4.20. The molecule has 0 radical (unpaired) electrons. The van der Waals surface area contributed by atoms with Gasteiger partial charge in [0.2, 0.25) is 0 Å². The van der Waals surface area contributed by atoms with E-state index in [1.807, 2.05) is 0 Å². The Morgan fingerprint density at radius 2 is 1.12 bits per heavy atom. The van der Waals surface area contributed by atoms with E-state index in [4.69, 9.17) is 0 Å². The van der Waals surface area contributed by atoms with Crippen LogP contribution in [-0.2, 0) is 9.13 Å². The van der Waals surface area contributed by atoms with E-state index >= 15 is 0 Å². The van der Waals surface area contributed by atoms with Crippen molar-refractivity contribution in [2.45, 2.75) is 6.92 Å². The third-order valence-corrected chi connectivity index (χ3v) is 4.28. The maximum absolute atomic E-state index is 11.3. The lowest BCUT2D eigenvalue weighted by molar-refractivity contribution is 0.374. The van der Waals surface area contributed by atoms with E-state index in [0.29, 0.717) is 0 Å². The zero-order valence-electron chi connectivity index (χ0n) is 8.70. The van der Waals surface area contributed by atoms with Crippen LogP contribution in [0.2, 0.25) is 0 Å². The van der Waals surface area contributed by atoms with E-state index in [1.165, 1.54) is 6.92 Å². The molecule has 0 bridgehead atoms. The fraction of sp³-hybridized carbons (Fsp3) is 1.00. The van der Waals surface area contributed by atoms with Gasteiger partial charge >= 0.3 is 14.9 Å². The van der Waals surface area contributed by atoms with Crippen LogP contribution in [0.3, 0.4) is 0 Å². The first-order chi connectivity index (χ1) is 7.88. The summed E-state index contributed by atoms with van der Waals surface area (Å²) in [6.07, 6.45) is -1.43. The van der Waals surface area contributed by atoms with Gasteiger partial charge in [0.05, 0.1) is 12.6 Å². The molecule has 13 heteroatoms. The molecule has 0 heterocycles. The molecular formula is C4H9N5O6P2. The molecule has 0 spiro atoms. The van der Waals surface area contributed by atoms with Gasteiger partial charge < -0.3 is 0 Å². The van der Waals surface area contributed by atoms with Gasteiger partial charge in [0.15, 0.2) is 0 Å². The lowest BCUT2D eigenvalue weighted by Gasteiger charge is -2.19. The first kappa shape index (κ1) is 15.8. The molecule has 0 aromatic carbocycles. The Hall–Kier alpha value is -1.18. The van der Waals surface area contributed by atoms with Crippen molar-refractivity contribution in [2.75, 3.05) is 19.1 Å². The number of hydrogen-bond donors (Lipinski definition) is 0. The minimum Gasteiger partial charge on any atom is -0.283 e. The Bertz CT molecular complexity index is 351. The van der Waals surface area contributed by atoms with Crippen LogP contribution in [0.15, 0.2) is 19.8 Å². The minimum absolute atomic E-state index is 0.0457. The summed E-state index contributed by atoms with van der Waals surface area (Å²) in [5.74, 6) is 0. The number of nitrogens with zero attached hydrogens (tertiary/aromatic N) is 5. The van der Waals surface area contributed by atoms with E-state index in [2.05, 4.69) is 19.8 Å². The average molecular weight is 285 g/mol. The Balaban J connectivity index is 4.88. The molecule has 0 saturated heterocycles. The topological polar surface area (TPSA) is 155 Å². The summed E-state index contributed by atoms with van der Waals surface area (Å²) < 4.78 is 22.6. The van der Waals surface area contributed by atoms with Gasteiger partial charge in [0, 0.05) is 19.8 Å². The summed E-state index contributed by atoms with van der Waals surface area (Å²) in [5, 5.41) is 0. The normalized spacial score (nSPS) is 12.1. The standard InChI is InChI=1S/C4H9N5O6P2/c1-2-9(3-16(14,5-10)6-11)4-17(15,7-12)8-13/h2-4H2,1H3. The fourth-order valence-corrected chi connectivity index (χ4v) is 2.96. The highest BCUT2D eigenvalue weighted by atomic mass is 31.2. The van der Waals surface area contributed by atoms with Crippen molar-refractivity contribution in [3.8, 4) is 0 Å². The predicted molar refractivity (Wildman–Crippen MR) is 60.5 cm³/mol. The van der Waals surface area contributed by atoms with Crippen LogP contribution in [0.25, 0.3) is 0 Å². The van der Waals surface area contributed by atoms with Gasteiger partial charge in [-0.1, -0.05) is 6.92 Å². The van der Waals surface area contributed by atoms with Crippen molar-refractivity contribution >= 4 is 14.9 Å². The van der Waals surface area contributed by atoms with Crippen molar-refractivity contribution in [3.05, 3.63) is 19.6 Å². The zero-order chi connectivity index (χ0) is 13.5. The third kappa shape index (κ3) is 4.68. The second-order valence-electron chi connectivity index (χ2n) is 2.93. The van der Waals surface area contributed by atoms with Crippen molar-refractivity contribution in [3.63, 3.8) is 0 Å². The third-order valence-electron chi connectivity index (χ3n) is 1.73. The molecular weight excluding hydrogens is 276 g/mol. The Morgan fingerprint density at radius 3 is 1.29 bits per heavy atom. The smallest absolute Gasteiger partial charge is 0.283 e. The molecule has 11 nitrogen and oxygen atoms in total. The van der Waals surface area contributed by atoms with Crippen LogP contribution in [0.4, 0.5) is 0 Å². The summed E-state index contributed by atoms with van der Waals surface area (Å²) in [6.45, 7) is 1.53. The van der Waals surface area contributed by atoms with Gasteiger partial charge in [0.1, 0.15) is 0 Å². The van der Waals surface area contributed by atoms with Gasteiger partial charge in [-0.15, -0.1) is 19.6 Å². The monoisotopic (exact) mass is 285 g/mol. The second kappa shape index (κ2) is 6.53. The molecule has 0 saturated carbocycles. The summed E-state index contributed by atoms with van der Waals surface area (Å²) in [7, 11) is -8.41. The Morgan fingerprint density at radius 1 is 0.824 bits per heavy atom. The van der Waals surface area contributed by atoms with E-state index in [1.54, 1.807) is 0 Å². The first-order valence-corrected chi connectivity index (χ1v) is 7.78. The zero-order valence-corrected chi connectivity index (χ0v) is 10.5. The van der Waals surface area contributed by atoms with Crippen LogP contribution in [0, 0.1) is 19.6 Å². The molecule has 0 aromatic rings. The number of nitroso groups, excluding NO2 is 4. The molecule has 0 rings (SSSR count). The van der Waals surface area contributed by atoms with Crippen LogP contribution >= 0.6 is 14.9 Å². The average Bonchev–Trinajstić information content (AvgIpc) is 2.37. The Kier molecular flexibility index (Phi) is 6.08. The lowest BCUT2D eigenvalue weighted by atomic mass is 10.7. The quantitative estimate of drug-likeness (QED) is 0.465. The van der Waals surface area contributed by atoms with Gasteiger partial charge in [-0.2, -0.15) is 0 Å². The maximum atomic E-state index is 11.3. The molecule has 0 atom stereocenters. The molecule has 0 aliphatic rings. The SMILES string of the molecule is CCN(CP(=O)(N=O)N=O)CP(=O)(N=O)N=O. The summed E-state index contributed by atoms with van der Waals surface area (Å²) in [6, 6.07) is 0. The molecule has 0 unspecified atom stereocenters. The lowest BCUT2D eigenvalue weighted by Crippen LogP contribution is -2.24. The molecule has 0 aromatic heterocycles. The van der Waals surface area contributed by atoms with Crippen molar-refractivity contribution in [1.29, 1.82) is 0 Å². The number of rotatable bonds is 9. The molecule has 0 fully saturated rings. The van der Waals surface area contributed by atoms with Crippen LogP contribution < -0.4 is 0 Å². The van der Waals surface area contributed by atoms with E-state index in [9.17, 15) is 28.8 Å². The second-order valence-corrected chi connectivity index (χ2v) is 6.80. The summed E-state index contributed by atoms with van der Waals surface area (Å²) in [5.41, 5.74) is 0. The van der Waals surface area contributed by atoms with Crippen LogP contribution in [-0.4, -0.2) is 24.0 Å². The van der Waals surface area contributed by atoms with E-state index < -0.39 is 27.5 Å². The largest absolute Gasteiger partial charge is 0.387 e. The van der Waals surface area contributed by atoms with Gasteiger partial charge in [-0.05, 0) is 6.54 Å². The Labute approximate surface area is 95.2 Å². The van der Waals surface area contributed by atoms with Gasteiger partial charge in [-0.25, -0.2) is 0 Å². The molecule has 17 heavy (non-hydrogen) atoms. The molecule has 0 N–H and O–H groups in total. The van der Waals surface area contributed by atoms with E-state index in [-0.39, 0.29) is 6.54 Å². The van der Waals surface area contributed by atoms with Gasteiger partial charge in [0.25, 0.3) is 0 Å². The van der Waals surface area contributed by atoms with Gasteiger partial charge in [-0.3, -0.25) is 14.0 Å². The molecule has 0 aliphatic carbocycles. The molecule has 0 aliphatic heterocycles. The van der Waals surface area contributed by atoms with Crippen LogP contribution in [0.5, 0.6) is 0 Å². The number of hydrogen-bond acceptors (Lipinski definition) is 7. The highest BCUT2D eigenvalue weighted by molar-refractivity contribution is 7.61. The molecule has 0 amide bonds. The van der Waals surface area contributed by atoms with Crippen molar-refractivity contribution in [1.82, 2.24) is 4.90 Å². The predicted octanol–water partition coefficient (Wildman–Crippen LogP) is 2.68. The summed E-state index contributed by atoms with van der Waals surface area (Å²) in [4.78, 5) is 49.9. The van der Waals surface area contributed by atoms with Crippen LogP contribution in [0.1, 0.15) is 6.92 Å². The summed E-state index contributed by atoms with van der Waals surface area (Å²) >= 11 is 0. The fourth-order valence-electron chi connectivity index (χ4n) is 0.899. The highest BCUT2D eigenvalue weighted by Crippen LogP contribution is 2.53. The first-order valence-electron chi connectivity index (χ1n) is 4.18. The maximum Gasteiger partial charge on any atom is 0.387 e. The van der Waals surface area contributed by atoms with Crippen molar-refractivity contribution < 1.29 is 9.13 Å².